The van der Waals surface area contributed by atoms with E-state index in [2.05, 4.69) is 6.92 Å². The normalized spacial score (nSPS) is 19.4. The van der Waals surface area contributed by atoms with E-state index >= 15 is 0 Å². The van der Waals surface area contributed by atoms with Gasteiger partial charge in [0.1, 0.15) is 0 Å². The summed E-state index contributed by atoms with van der Waals surface area (Å²) in [6.07, 6.45) is 22.5. The van der Waals surface area contributed by atoms with E-state index in [0.29, 0.717) is 6.10 Å². The molecule has 1 N–H and O–H groups in total. The van der Waals surface area contributed by atoms with E-state index in [1.54, 1.807) is 0 Å². The van der Waals surface area contributed by atoms with Crippen molar-refractivity contribution in [2.45, 2.75) is 135 Å². The van der Waals surface area contributed by atoms with Crippen molar-refractivity contribution in [2.75, 3.05) is 6.61 Å². The van der Waals surface area contributed by atoms with Crippen LogP contribution in [0.3, 0.4) is 0 Å². The number of rotatable bonds is 18. The van der Waals surface area contributed by atoms with Crippen molar-refractivity contribution in [2.24, 2.45) is 0 Å². The predicted molar refractivity (Wildman–Crippen MR) is 105 cm³/mol. The molecule has 1 fully saturated rings. The molecule has 0 bridgehead atoms. The Kier molecular flexibility index (Phi) is 12.9. The van der Waals surface area contributed by atoms with Gasteiger partial charge in [-0.1, -0.05) is 96.8 Å². The smallest absolute Gasteiger partial charge is 0.0810 e. The van der Waals surface area contributed by atoms with Gasteiger partial charge in [0.15, 0.2) is 0 Å². The standard InChI is InChI=1S/C22H44O2/c1-3-4-5-6-12-15-18-22(2,23)19-16-13-10-8-7-9-11-14-17-21-20-24-21/h21,23H,3-20H2,1-2H3. The van der Waals surface area contributed by atoms with Crippen LogP contribution in [0.5, 0.6) is 0 Å². The average molecular weight is 341 g/mol. The first-order valence-corrected chi connectivity index (χ1v) is 11.0. The third-order valence-electron chi connectivity index (χ3n) is 5.46. The van der Waals surface area contributed by atoms with Gasteiger partial charge in [-0.05, 0) is 26.2 Å². The Balaban J connectivity index is 1.79. The first-order chi connectivity index (χ1) is 11.6. The Labute approximate surface area is 151 Å². The molecule has 144 valence electrons. The lowest BCUT2D eigenvalue weighted by Crippen LogP contribution is -2.23. The van der Waals surface area contributed by atoms with Crippen LogP contribution in [0.4, 0.5) is 0 Å². The highest BCUT2D eigenvalue weighted by molar-refractivity contribution is 4.72. The molecule has 0 aromatic heterocycles. The maximum atomic E-state index is 10.5. The maximum absolute atomic E-state index is 10.5. The molecule has 2 atom stereocenters. The molecule has 1 saturated heterocycles. The molecule has 1 aliphatic heterocycles. The Morgan fingerprint density at radius 2 is 1.17 bits per heavy atom. The van der Waals surface area contributed by atoms with E-state index in [1.807, 2.05) is 6.92 Å². The third-order valence-corrected chi connectivity index (χ3v) is 5.46. The third kappa shape index (κ3) is 14.3. The van der Waals surface area contributed by atoms with Crippen LogP contribution in [0.25, 0.3) is 0 Å². The molecule has 1 heterocycles. The number of hydrogen-bond acceptors (Lipinski definition) is 2. The zero-order valence-corrected chi connectivity index (χ0v) is 16.7. The SMILES string of the molecule is CCCCCCCCC(C)(O)CCCCCCCCCCC1CO1. The summed E-state index contributed by atoms with van der Waals surface area (Å²) in [4.78, 5) is 0. The minimum absolute atomic E-state index is 0.421. The van der Waals surface area contributed by atoms with Crippen molar-refractivity contribution >= 4 is 0 Å². The van der Waals surface area contributed by atoms with Gasteiger partial charge in [-0.2, -0.15) is 0 Å². The fourth-order valence-electron chi connectivity index (χ4n) is 3.58. The summed E-state index contributed by atoms with van der Waals surface area (Å²) in [5, 5.41) is 10.5. The lowest BCUT2D eigenvalue weighted by Gasteiger charge is -2.23. The fraction of sp³-hybridized carbons (Fsp3) is 1.00. The molecule has 0 saturated carbocycles. The van der Waals surface area contributed by atoms with Crippen LogP contribution in [0, 0.1) is 0 Å². The monoisotopic (exact) mass is 340 g/mol. The zero-order valence-electron chi connectivity index (χ0n) is 16.7. The minimum Gasteiger partial charge on any atom is -0.390 e. The van der Waals surface area contributed by atoms with E-state index < -0.39 is 5.60 Å². The molecule has 0 aromatic rings. The Bertz CT molecular complexity index is 271. The predicted octanol–water partition coefficient (Wildman–Crippen LogP) is 6.79. The van der Waals surface area contributed by atoms with Gasteiger partial charge in [-0.3, -0.25) is 0 Å². The summed E-state index contributed by atoms with van der Waals surface area (Å²) in [6.45, 7) is 5.32. The number of aliphatic hydroxyl groups is 1. The van der Waals surface area contributed by atoms with Crippen molar-refractivity contribution in [3.63, 3.8) is 0 Å². The molecule has 0 spiro atoms. The summed E-state index contributed by atoms with van der Waals surface area (Å²) in [5.41, 5.74) is -0.421. The largest absolute Gasteiger partial charge is 0.390 e. The van der Waals surface area contributed by atoms with Crippen molar-refractivity contribution < 1.29 is 9.84 Å². The lowest BCUT2D eigenvalue weighted by molar-refractivity contribution is 0.0366. The van der Waals surface area contributed by atoms with Crippen molar-refractivity contribution in [1.82, 2.24) is 0 Å². The summed E-state index contributed by atoms with van der Waals surface area (Å²) in [6, 6.07) is 0. The molecule has 0 amide bonds. The summed E-state index contributed by atoms with van der Waals surface area (Å²) >= 11 is 0. The van der Waals surface area contributed by atoms with Crippen LogP contribution in [0.2, 0.25) is 0 Å². The number of unbranched alkanes of at least 4 members (excludes halogenated alkanes) is 12. The van der Waals surface area contributed by atoms with E-state index in [4.69, 9.17) is 4.74 Å². The molecule has 0 aromatic carbocycles. The van der Waals surface area contributed by atoms with Crippen LogP contribution < -0.4 is 0 Å². The second kappa shape index (κ2) is 14.1. The summed E-state index contributed by atoms with van der Waals surface area (Å²) in [7, 11) is 0. The average Bonchev–Trinajstić information content (AvgIpc) is 3.37. The van der Waals surface area contributed by atoms with Gasteiger partial charge in [0.05, 0.1) is 18.3 Å². The Morgan fingerprint density at radius 1 is 0.750 bits per heavy atom. The van der Waals surface area contributed by atoms with Gasteiger partial charge < -0.3 is 9.84 Å². The molecule has 24 heavy (non-hydrogen) atoms. The summed E-state index contributed by atoms with van der Waals surface area (Å²) < 4.78 is 5.23. The molecule has 1 aliphatic rings. The molecular weight excluding hydrogens is 296 g/mol. The van der Waals surface area contributed by atoms with Crippen LogP contribution in [-0.2, 0) is 4.74 Å². The molecule has 2 heteroatoms. The topological polar surface area (TPSA) is 32.8 Å². The van der Waals surface area contributed by atoms with Gasteiger partial charge in [0.2, 0.25) is 0 Å². The second-order valence-corrected chi connectivity index (χ2v) is 8.34. The lowest BCUT2D eigenvalue weighted by atomic mass is 9.91. The molecule has 2 unspecified atom stereocenters. The quantitative estimate of drug-likeness (QED) is 0.220. The number of ether oxygens (including phenoxy) is 1. The maximum Gasteiger partial charge on any atom is 0.0810 e. The van der Waals surface area contributed by atoms with E-state index in [1.165, 1.54) is 96.3 Å². The van der Waals surface area contributed by atoms with Gasteiger partial charge in [-0.25, -0.2) is 0 Å². The van der Waals surface area contributed by atoms with Crippen molar-refractivity contribution in [3.8, 4) is 0 Å². The van der Waals surface area contributed by atoms with E-state index in [9.17, 15) is 5.11 Å². The highest BCUT2D eigenvalue weighted by Gasteiger charge is 2.21. The minimum atomic E-state index is -0.421. The van der Waals surface area contributed by atoms with E-state index in [-0.39, 0.29) is 0 Å². The van der Waals surface area contributed by atoms with Gasteiger partial charge in [0.25, 0.3) is 0 Å². The molecule has 1 rings (SSSR count). The van der Waals surface area contributed by atoms with Crippen molar-refractivity contribution in [1.29, 1.82) is 0 Å². The van der Waals surface area contributed by atoms with Crippen LogP contribution in [-0.4, -0.2) is 23.4 Å². The molecule has 0 radical (unpaired) electrons. The van der Waals surface area contributed by atoms with Gasteiger partial charge in [0, 0.05) is 0 Å². The van der Waals surface area contributed by atoms with E-state index in [0.717, 1.165) is 19.4 Å². The second-order valence-electron chi connectivity index (χ2n) is 8.34. The Hall–Kier alpha value is -0.0800. The number of epoxide rings is 1. The summed E-state index contributed by atoms with van der Waals surface area (Å²) in [5.74, 6) is 0. The molecule has 2 nitrogen and oxygen atoms in total. The van der Waals surface area contributed by atoms with Crippen LogP contribution in [0.15, 0.2) is 0 Å². The first-order valence-electron chi connectivity index (χ1n) is 11.0. The fourth-order valence-corrected chi connectivity index (χ4v) is 3.58. The van der Waals surface area contributed by atoms with Gasteiger partial charge in [-0.15, -0.1) is 0 Å². The number of hydrogen-bond donors (Lipinski definition) is 1. The van der Waals surface area contributed by atoms with Crippen molar-refractivity contribution in [3.05, 3.63) is 0 Å². The highest BCUT2D eigenvalue weighted by Crippen LogP contribution is 2.23. The highest BCUT2D eigenvalue weighted by atomic mass is 16.6. The zero-order chi connectivity index (χ0) is 17.5. The van der Waals surface area contributed by atoms with Crippen LogP contribution in [0.1, 0.15) is 123 Å². The molecule has 0 aliphatic carbocycles. The first kappa shape index (κ1) is 22.0. The molecular formula is C22H44O2. The van der Waals surface area contributed by atoms with Crippen LogP contribution >= 0.6 is 0 Å². The van der Waals surface area contributed by atoms with Gasteiger partial charge >= 0.3 is 0 Å². The Morgan fingerprint density at radius 3 is 1.62 bits per heavy atom.